The van der Waals surface area contributed by atoms with Crippen molar-refractivity contribution in [2.75, 3.05) is 23.9 Å². The first-order valence-electron chi connectivity index (χ1n) is 17.8. The van der Waals surface area contributed by atoms with Crippen LogP contribution >= 0.6 is 0 Å². The molecule has 0 radical (unpaired) electrons. The Hall–Kier alpha value is -6.74. The first kappa shape index (κ1) is 35.7. The van der Waals surface area contributed by atoms with E-state index < -0.39 is 0 Å². The summed E-state index contributed by atoms with van der Waals surface area (Å²) in [5.74, 6) is -0.222. The first-order valence-corrected chi connectivity index (χ1v) is 17.8. The van der Waals surface area contributed by atoms with Gasteiger partial charge in [-0.3, -0.25) is 19.2 Å². The molecule has 0 bridgehead atoms. The molecule has 0 saturated heterocycles. The van der Waals surface area contributed by atoms with Crippen molar-refractivity contribution >= 4 is 34.8 Å². The molecule has 0 fully saturated rings. The van der Waals surface area contributed by atoms with Gasteiger partial charge in [-0.05, 0) is 78.7 Å². The van der Waals surface area contributed by atoms with Crippen molar-refractivity contribution in [3.63, 3.8) is 0 Å². The maximum atomic E-state index is 13.4. The molecule has 0 saturated carbocycles. The summed E-state index contributed by atoms with van der Waals surface area (Å²) in [6, 6.07) is 37.9. The van der Waals surface area contributed by atoms with Gasteiger partial charge in [-0.25, -0.2) is 0 Å². The number of rotatable bonds is 6. The highest BCUT2D eigenvalue weighted by Crippen LogP contribution is 2.30. The van der Waals surface area contributed by atoms with Crippen LogP contribution in [0.15, 0.2) is 146 Å². The Morgan fingerprint density at radius 1 is 0.519 bits per heavy atom. The fourth-order valence-corrected chi connectivity index (χ4v) is 6.78. The lowest BCUT2D eigenvalue weighted by Gasteiger charge is -2.23. The van der Waals surface area contributed by atoms with Crippen molar-refractivity contribution in [2.45, 2.75) is 33.1 Å². The van der Waals surface area contributed by atoms with E-state index in [0.717, 1.165) is 47.0 Å². The lowest BCUT2D eigenvalue weighted by atomic mass is 10.1. The lowest BCUT2D eigenvalue weighted by molar-refractivity contribution is 0.0977. The number of carbonyl (C=O) groups is 4. The Balaban J connectivity index is 0.000000168. The van der Waals surface area contributed by atoms with E-state index in [-0.39, 0.29) is 23.4 Å². The number of aromatic nitrogens is 2. The maximum absolute atomic E-state index is 13.4. The highest BCUT2D eigenvalue weighted by atomic mass is 16.2. The van der Waals surface area contributed by atoms with Gasteiger partial charge < -0.3 is 23.8 Å². The number of anilines is 2. The molecule has 0 unspecified atom stereocenters. The molecule has 4 heterocycles. The van der Waals surface area contributed by atoms with Crippen LogP contribution in [0.2, 0.25) is 0 Å². The standard InChI is InChI=1S/C24H23N3O2.C21H18N2O2/c1-25(2)15-13-23(28)18-9-11-19(12-10-18)24(29)27-17-21-7-5-14-26(21)16-20-6-3-4-8-22(20)27;1-15(24)16-8-10-17(11-9-16)21(25)23-14-19-6-4-12-22(19)13-18-5-2-3-7-20(18)23/h3-15H,16-17H2,1-2H3;2-12H,13-14H2,1H3. The molecular weight excluding hydrogens is 675 g/mol. The van der Waals surface area contributed by atoms with Gasteiger partial charge in [0.2, 0.25) is 0 Å². The smallest absolute Gasteiger partial charge is 0.258 e. The molecule has 2 aliphatic heterocycles. The van der Waals surface area contributed by atoms with Gasteiger partial charge in [0.05, 0.1) is 13.1 Å². The number of amides is 2. The number of hydrogen-bond acceptors (Lipinski definition) is 5. The third-order valence-corrected chi connectivity index (χ3v) is 9.70. The van der Waals surface area contributed by atoms with Crippen LogP contribution in [0.1, 0.15) is 70.9 Å². The Morgan fingerprint density at radius 2 is 0.944 bits per heavy atom. The molecule has 9 nitrogen and oxygen atoms in total. The SMILES string of the molecule is CC(=O)c1ccc(C(=O)N2Cc3cccn3Cc3ccccc32)cc1.CN(C)C=CC(=O)c1ccc(C(=O)N2Cc3cccn3Cc3ccccc32)cc1. The van der Waals surface area contributed by atoms with Crippen molar-refractivity contribution in [3.05, 3.63) is 191 Å². The number of carbonyl (C=O) groups excluding carboxylic acids is 4. The van der Waals surface area contributed by atoms with Crippen molar-refractivity contribution < 1.29 is 19.2 Å². The number of fused-ring (bicyclic) bond motifs is 4. The number of benzene rings is 4. The monoisotopic (exact) mass is 715 g/mol. The topological polar surface area (TPSA) is 87.9 Å². The number of para-hydroxylation sites is 2. The minimum atomic E-state index is -0.0874. The average molecular weight is 716 g/mol. The van der Waals surface area contributed by atoms with E-state index in [9.17, 15) is 19.2 Å². The molecule has 9 heteroatoms. The predicted octanol–water partition coefficient (Wildman–Crippen LogP) is 7.85. The van der Waals surface area contributed by atoms with E-state index in [1.807, 2.05) is 102 Å². The third kappa shape index (κ3) is 7.56. The van der Waals surface area contributed by atoms with Gasteiger partial charge in [-0.2, -0.15) is 0 Å². The molecule has 6 aromatic rings. The Morgan fingerprint density at radius 3 is 1.39 bits per heavy atom. The van der Waals surface area contributed by atoms with E-state index in [1.54, 1.807) is 54.7 Å². The molecule has 2 aromatic heterocycles. The van der Waals surface area contributed by atoms with Crippen LogP contribution in [0.5, 0.6) is 0 Å². The summed E-state index contributed by atoms with van der Waals surface area (Å²) in [5, 5.41) is 0. The van der Waals surface area contributed by atoms with Crippen LogP contribution in [-0.4, -0.2) is 51.5 Å². The van der Waals surface area contributed by atoms with Crippen LogP contribution in [-0.2, 0) is 26.2 Å². The van der Waals surface area contributed by atoms with Gasteiger partial charge in [0.1, 0.15) is 0 Å². The zero-order chi connectivity index (χ0) is 37.8. The van der Waals surface area contributed by atoms with E-state index in [4.69, 9.17) is 0 Å². The second kappa shape index (κ2) is 15.5. The third-order valence-electron chi connectivity index (χ3n) is 9.70. The van der Waals surface area contributed by atoms with Crippen molar-refractivity contribution in [1.29, 1.82) is 0 Å². The summed E-state index contributed by atoms with van der Waals surface area (Å²) in [7, 11) is 3.72. The summed E-state index contributed by atoms with van der Waals surface area (Å²) in [6.45, 7) is 4.06. The molecule has 0 atom stereocenters. The highest BCUT2D eigenvalue weighted by Gasteiger charge is 2.26. The van der Waals surface area contributed by atoms with Crippen LogP contribution < -0.4 is 9.80 Å². The molecular formula is C45H41N5O4. The predicted molar refractivity (Wildman–Crippen MR) is 211 cm³/mol. The number of allylic oxidation sites excluding steroid dienone is 1. The second-order valence-corrected chi connectivity index (χ2v) is 13.6. The zero-order valence-corrected chi connectivity index (χ0v) is 30.6. The van der Waals surface area contributed by atoms with E-state index in [0.29, 0.717) is 35.3 Å². The van der Waals surface area contributed by atoms with Crippen LogP contribution in [0.4, 0.5) is 11.4 Å². The summed E-state index contributed by atoms with van der Waals surface area (Å²) < 4.78 is 4.34. The van der Waals surface area contributed by atoms with Crippen molar-refractivity contribution in [2.24, 2.45) is 0 Å². The average Bonchev–Trinajstić information content (AvgIpc) is 3.76. The van der Waals surface area contributed by atoms with Gasteiger partial charge in [0.15, 0.2) is 11.6 Å². The van der Waals surface area contributed by atoms with E-state index in [2.05, 4.69) is 21.3 Å². The minimum Gasteiger partial charge on any atom is -0.383 e. The van der Waals surface area contributed by atoms with Gasteiger partial charge in [0.25, 0.3) is 11.8 Å². The van der Waals surface area contributed by atoms with Crippen molar-refractivity contribution in [3.8, 4) is 0 Å². The van der Waals surface area contributed by atoms with Gasteiger partial charge >= 0.3 is 0 Å². The van der Waals surface area contributed by atoms with Crippen LogP contribution in [0.25, 0.3) is 0 Å². The summed E-state index contributed by atoms with van der Waals surface area (Å²) in [4.78, 5) is 55.6. The highest BCUT2D eigenvalue weighted by molar-refractivity contribution is 6.09. The summed E-state index contributed by atoms with van der Waals surface area (Å²) in [6.07, 6.45) is 7.32. The molecule has 270 valence electrons. The number of nitrogens with zero attached hydrogens (tertiary/aromatic N) is 5. The number of ketones is 2. The fourth-order valence-electron chi connectivity index (χ4n) is 6.78. The largest absolute Gasteiger partial charge is 0.383 e. The minimum absolute atomic E-state index is 0.00283. The first-order chi connectivity index (χ1) is 26.2. The normalized spacial score (nSPS) is 12.9. The molecule has 2 amide bonds. The van der Waals surface area contributed by atoms with Crippen molar-refractivity contribution in [1.82, 2.24) is 14.0 Å². The Kier molecular flexibility index (Phi) is 10.2. The lowest BCUT2D eigenvalue weighted by Crippen LogP contribution is -2.30. The van der Waals surface area contributed by atoms with Crippen LogP contribution in [0.3, 0.4) is 0 Å². The molecule has 54 heavy (non-hydrogen) atoms. The molecule has 2 aliphatic rings. The van der Waals surface area contributed by atoms with E-state index in [1.165, 1.54) is 13.0 Å². The molecule has 0 aliphatic carbocycles. The summed E-state index contributed by atoms with van der Waals surface area (Å²) >= 11 is 0. The molecule has 0 spiro atoms. The summed E-state index contributed by atoms with van der Waals surface area (Å²) in [5.41, 5.74) is 8.60. The Bertz CT molecular complexity index is 2370. The number of hydrogen-bond donors (Lipinski definition) is 0. The zero-order valence-electron chi connectivity index (χ0n) is 30.6. The molecule has 8 rings (SSSR count). The van der Waals surface area contributed by atoms with Gasteiger partial charge in [-0.1, -0.05) is 60.7 Å². The van der Waals surface area contributed by atoms with Gasteiger partial charge in [0, 0.05) is 96.9 Å². The molecule has 4 aromatic carbocycles. The quantitative estimate of drug-likeness (QED) is 0.130. The van der Waals surface area contributed by atoms with E-state index >= 15 is 0 Å². The molecule has 0 N–H and O–H groups in total. The van der Waals surface area contributed by atoms with Gasteiger partial charge in [-0.15, -0.1) is 0 Å². The number of Topliss-reactive ketones (excluding diaryl/α,β-unsaturated/α-hetero) is 1. The second-order valence-electron chi connectivity index (χ2n) is 13.6. The fraction of sp³-hybridized carbons (Fsp3) is 0.156. The van der Waals surface area contributed by atoms with Crippen LogP contribution in [0, 0.1) is 0 Å². The Labute approximate surface area is 315 Å². The maximum Gasteiger partial charge on any atom is 0.258 e.